The second-order valence-electron chi connectivity index (χ2n) is 24.1. The van der Waals surface area contributed by atoms with Gasteiger partial charge in [-0.3, -0.25) is 15.0 Å². The summed E-state index contributed by atoms with van der Waals surface area (Å²) < 4.78 is 2.54. The number of fused-ring (bicyclic) bond motifs is 21. The monoisotopic (exact) mass is 1170 g/mol. The van der Waals surface area contributed by atoms with Crippen LogP contribution in [0.2, 0.25) is 0 Å². The summed E-state index contributed by atoms with van der Waals surface area (Å²) in [6, 6.07) is 113. The fourth-order valence-electron chi connectivity index (χ4n) is 15.7. The Hall–Kier alpha value is -12.3. The van der Waals surface area contributed by atoms with Crippen LogP contribution in [0, 0.1) is 0 Å². The smallest absolute Gasteiger partial charge is 0.0905 e. The molecule has 2 aliphatic carbocycles. The molecule has 428 valence electrons. The summed E-state index contributed by atoms with van der Waals surface area (Å²) in [7, 11) is 0. The van der Waals surface area contributed by atoms with Crippen molar-refractivity contribution in [2.24, 2.45) is 0 Å². The SMILES string of the molecule is c1ccc(N(c2ccc(-c3cccc4cccnc34)cc2)c2ccc3c(c2)c2c4c(cc(N(c5ccccc5)c5ccc(-c6cccc7cccnc67)cc5)c2n3-c2ccccc2)C2(c3ccccc3-c3cccnc32)c2c-4c3ccccc3c3ccccc23)cc1. The van der Waals surface area contributed by atoms with Crippen molar-refractivity contribution in [3.63, 3.8) is 0 Å². The number of anilines is 6. The van der Waals surface area contributed by atoms with Crippen molar-refractivity contribution >= 4 is 99.3 Å². The molecule has 0 saturated carbocycles. The number of hydrogen-bond donors (Lipinski definition) is 0. The number of nitrogens with zero attached hydrogens (tertiary/aromatic N) is 6. The first kappa shape index (κ1) is 51.8. The van der Waals surface area contributed by atoms with E-state index in [-0.39, 0.29) is 0 Å². The van der Waals surface area contributed by atoms with Gasteiger partial charge in [0.2, 0.25) is 0 Å². The third-order valence-corrected chi connectivity index (χ3v) is 19.4. The molecule has 1 atom stereocenters. The summed E-state index contributed by atoms with van der Waals surface area (Å²) >= 11 is 0. The molecule has 0 radical (unpaired) electrons. The first-order valence-electron chi connectivity index (χ1n) is 31.5. The van der Waals surface area contributed by atoms with Gasteiger partial charge in [0.25, 0.3) is 0 Å². The van der Waals surface area contributed by atoms with Crippen molar-refractivity contribution in [1.29, 1.82) is 0 Å². The minimum absolute atomic E-state index is 0.867. The van der Waals surface area contributed by atoms with Crippen LogP contribution < -0.4 is 9.80 Å². The van der Waals surface area contributed by atoms with Gasteiger partial charge in [0.05, 0.1) is 38.9 Å². The van der Waals surface area contributed by atoms with Crippen LogP contribution >= 0.6 is 0 Å². The molecule has 0 saturated heterocycles. The number of para-hydroxylation sites is 5. The molecular weight excluding hydrogens is 1120 g/mol. The van der Waals surface area contributed by atoms with Gasteiger partial charge in [-0.25, -0.2) is 0 Å². The van der Waals surface area contributed by atoms with E-state index >= 15 is 0 Å². The Bertz CT molecular complexity index is 5770. The molecule has 6 nitrogen and oxygen atoms in total. The summed E-state index contributed by atoms with van der Waals surface area (Å²) in [5.74, 6) is 0. The maximum Gasteiger partial charge on any atom is 0.0905 e. The quantitative estimate of drug-likeness (QED) is 0.135. The van der Waals surface area contributed by atoms with Crippen LogP contribution in [-0.4, -0.2) is 19.5 Å². The van der Waals surface area contributed by atoms with Crippen LogP contribution in [0.1, 0.15) is 22.4 Å². The van der Waals surface area contributed by atoms with Crippen molar-refractivity contribution in [2.45, 2.75) is 5.41 Å². The van der Waals surface area contributed by atoms with E-state index in [0.717, 1.165) is 117 Å². The van der Waals surface area contributed by atoms with Gasteiger partial charge in [0.15, 0.2) is 0 Å². The highest BCUT2D eigenvalue weighted by Gasteiger charge is 2.55. The van der Waals surface area contributed by atoms with E-state index in [2.05, 4.69) is 312 Å². The standard InChI is InChI=1S/C86H54N6/c1-4-25-59(26-5-1)90(62-44-40-55(41-45-62)65-36-16-21-57-23-18-50-87-82(57)65)64-48-49-76-73(53-64)79-80-75(86(74-39-15-14-33-69(74)72-38-20-52-89-85(72)86)81-71-35-13-11-32-68(71)67-31-10-12-34-70(67)78(80)81)54-77(84(79)92(76)61-29-8-3-9-30-61)91(60-27-6-2-7-28-60)63-46-42-56(43-47-63)66-37-17-22-58-24-19-51-88-83(58)66/h1-54H. The minimum Gasteiger partial charge on any atom is -0.310 e. The second kappa shape index (κ2) is 20.4. The Morgan fingerprint density at radius 2 is 0.804 bits per heavy atom. The van der Waals surface area contributed by atoms with Crippen LogP contribution in [0.25, 0.3) is 115 Å². The fraction of sp³-hybridized carbons (Fsp3) is 0.0116. The lowest BCUT2D eigenvalue weighted by molar-refractivity contribution is 0.768. The van der Waals surface area contributed by atoms with Gasteiger partial charge in [0, 0.05) is 91.0 Å². The number of aromatic nitrogens is 4. The van der Waals surface area contributed by atoms with Crippen LogP contribution in [-0.2, 0) is 5.41 Å². The predicted octanol–water partition coefficient (Wildman–Crippen LogP) is 22.2. The Morgan fingerprint density at radius 1 is 0.315 bits per heavy atom. The summed E-state index contributed by atoms with van der Waals surface area (Å²) in [4.78, 5) is 20.3. The normalized spacial score (nSPS) is 13.7. The largest absolute Gasteiger partial charge is 0.310 e. The van der Waals surface area contributed by atoms with E-state index in [4.69, 9.17) is 15.0 Å². The molecule has 2 aliphatic rings. The summed E-state index contributed by atoms with van der Waals surface area (Å²) in [5.41, 5.74) is 24.4. The van der Waals surface area contributed by atoms with E-state index in [1.165, 1.54) is 54.9 Å². The zero-order valence-corrected chi connectivity index (χ0v) is 49.9. The highest BCUT2D eigenvalue weighted by atomic mass is 15.2. The molecule has 0 fully saturated rings. The second-order valence-corrected chi connectivity index (χ2v) is 24.1. The van der Waals surface area contributed by atoms with Crippen molar-refractivity contribution in [3.8, 4) is 50.2 Å². The average Bonchev–Trinajstić information content (AvgIpc) is 1.48. The third kappa shape index (κ3) is 7.52. The lowest BCUT2D eigenvalue weighted by Crippen LogP contribution is -2.27. The molecule has 13 aromatic carbocycles. The van der Waals surface area contributed by atoms with Gasteiger partial charge in [-0.1, -0.05) is 206 Å². The molecule has 6 heteroatoms. The maximum absolute atomic E-state index is 5.65. The van der Waals surface area contributed by atoms with E-state index in [9.17, 15) is 0 Å². The summed E-state index contributed by atoms with van der Waals surface area (Å²) in [5, 5.41) is 9.36. The van der Waals surface area contributed by atoms with Crippen molar-refractivity contribution < 1.29 is 0 Å². The zero-order chi connectivity index (χ0) is 60.4. The first-order valence-corrected chi connectivity index (χ1v) is 31.5. The van der Waals surface area contributed by atoms with Crippen molar-refractivity contribution in [3.05, 3.63) is 350 Å². The molecular formula is C86H54N6. The molecule has 4 heterocycles. The minimum atomic E-state index is -0.867. The molecule has 0 amide bonds. The molecule has 19 rings (SSSR count). The molecule has 0 aliphatic heterocycles. The number of hydrogen-bond acceptors (Lipinski definition) is 5. The van der Waals surface area contributed by atoms with Gasteiger partial charge < -0.3 is 14.4 Å². The van der Waals surface area contributed by atoms with Crippen LogP contribution in [0.15, 0.2) is 328 Å². The topological polar surface area (TPSA) is 50.1 Å². The van der Waals surface area contributed by atoms with Gasteiger partial charge in [-0.05, 0) is 169 Å². The number of rotatable bonds is 9. The van der Waals surface area contributed by atoms with E-state index in [0.29, 0.717) is 0 Å². The maximum atomic E-state index is 5.65. The van der Waals surface area contributed by atoms with Gasteiger partial charge in [0.1, 0.15) is 0 Å². The van der Waals surface area contributed by atoms with Gasteiger partial charge in [-0.2, -0.15) is 0 Å². The Kier molecular flexibility index (Phi) is 11.5. The molecule has 17 aromatic rings. The van der Waals surface area contributed by atoms with Crippen LogP contribution in [0.4, 0.5) is 34.1 Å². The van der Waals surface area contributed by atoms with Crippen molar-refractivity contribution in [2.75, 3.05) is 9.80 Å². The van der Waals surface area contributed by atoms with Crippen LogP contribution in [0.3, 0.4) is 0 Å². The van der Waals surface area contributed by atoms with Gasteiger partial charge in [-0.15, -0.1) is 0 Å². The van der Waals surface area contributed by atoms with E-state index < -0.39 is 5.41 Å². The lowest BCUT2D eigenvalue weighted by Gasteiger charge is -2.33. The third-order valence-electron chi connectivity index (χ3n) is 19.4. The highest BCUT2D eigenvalue weighted by Crippen LogP contribution is 2.68. The zero-order valence-electron chi connectivity index (χ0n) is 49.9. The Labute approximate surface area is 531 Å². The molecule has 0 N–H and O–H groups in total. The Balaban J connectivity index is 0.974. The predicted molar refractivity (Wildman–Crippen MR) is 381 cm³/mol. The highest BCUT2D eigenvalue weighted by molar-refractivity contribution is 6.29. The first-order chi connectivity index (χ1) is 45.7. The fourth-order valence-corrected chi connectivity index (χ4v) is 15.7. The molecule has 92 heavy (non-hydrogen) atoms. The van der Waals surface area contributed by atoms with E-state index in [1.54, 1.807) is 0 Å². The summed E-state index contributed by atoms with van der Waals surface area (Å²) in [6.07, 6.45) is 5.78. The molecule has 1 spiro atoms. The molecule has 1 unspecified atom stereocenters. The number of benzene rings is 13. The molecule has 0 bridgehead atoms. The van der Waals surface area contributed by atoms with Gasteiger partial charge >= 0.3 is 0 Å². The molecule has 4 aromatic heterocycles. The van der Waals surface area contributed by atoms with Crippen molar-refractivity contribution in [1.82, 2.24) is 19.5 Å². The average molecular weight is 1170 g/mol. The number of pyridine rings is 3. The van der Waals surface area contributed by atoms with Crippen LogP contribution in [0.5, 0.6) is 0 Å². The summed E-state index contributed by atoms with van der Waals surface area (Å²) in [6.45, 7) is 0. The van der Waals surface area contributed by atoms with E-state index in [1.807, 2.05) is 30.7 Å². The Morgan fingerprint density at radius 3 is 1.47 bits per heavy atom. The lowest BCUT2D eigenvalue weighted by atomic mass is 9.70.